The molecular weight excluding hydrogens is 228 g/mol. The van der Waals surface area contributed by atoms with Gasteiger partial charge in [-0.2, -0.15) is 0 Å². The second kappa shape index (κ2) is 10.8. The molecule has 3 heteroatoms. The third-order valence-electron chi connectivity index (χ3n) is 2.64. The van der Waals surface area contributed by atoms with Gasteiger partial charge >= 0.3 is 0 Å². The van der Waals surface area contributed by atoms with E-state index in [4.69, 9.17) is 14.2 Å². The van der Waals surface area contributed by atoms with Gasteiger partial charge in [0, 0.05) is 6.61 Å². The van der Waals surface area contributed by atoms with Gasteiger partial charge in [0.15, 0.2) is 0 Å². The Labute approximate surface area is 113 Å². The average molecular weight is 260 g/mol. The van der Waals surface area contributed by atoms with Crippen LogP contribution in [0.4, 0.5) is 0 Å². The lowest BCUT2D eigenvalue weighted by atomic mass is 10.1. The molecule has 0 fully saturated rings. The first kappa shape index (κ1) is 17.9. The first-order chi connectivity index (χ1) is 8.45. The van der Waals surface area contributed by atoms with Crippen LogP contribution < -0.4 is 0 Å². The molecule has 0 aromatic heterocycles. The molecule has 0 amide bonds. The van der Waals surface area contributed by atoms with Crippen molar-refractivity contribution in [2.45, 2.75) is 72.7 Å². The minimum absolute atomic E-state index is 0.132. The van der Waals surface area contributed by atoms with Crippen LogP contribution in [0.3, 0.4) is 0 Å². The summed E-state index contributed by atoms with van der Waals surface area (Å²) in [5.74, 6) is 0.679. The highest BCUT2D eigenvalue weighted by Crippen LogP contribution is 2.08. The summed E-state index contributed by atoms with van der Waals surface area (Å²) < 4.78 is 17.0. The quantitative estimate of drug-likeness (QED) is 0.567. The average Bonchev–Trinajstić information content (AvgIpc) is 2.30. The normalized spacial score (nSPS) is 16.8. The van der Waals surface area contributed by atoms with Gasteiger partial charge in [-0.1, -0.05) is 20.8 Å². The molecule has 0 aromatic rings. The van der Waals surface area contributed by atoms with E-state index in [1.807, 2.05) is 6.92 Å². The van der Waals surface area contributed by atoms with Crippen LogP contribution in [-0.4, -0.2) is 38.1 Å². The molecule has 18 heavy (non-hydrogen) atoms. The van der Waals surface area contributed by atoms with E-state index in [0.717, 1.165) is 19.4 Å². The SMILES string of the molecule is CCCOC(C)COC(C)COC(C)CC(C)C. The monoisotopic (exact) mass is 260 g/mol. The Hall–Kier alpha value is -0.120. The Balaban J connectivity index is 3.55. The first-order valence-corrected chi connectivity index (χ1v) is 7.30. The van der Waals surface area contributed by atoms with E-state index >= 15 is 0 Å². The van der Waals surface area contributed by atoms with Crippen molar-refractivity contribution in [1.29, 1.82) is 0 Å². The molecule has 0 heterocycles. The zero-order valence-corrected chi connectivity index (χ0v) is 13.1. The minimum atomic E-state index is 0.132. The summed E-state index contributed by atoms with van der Waals surface area (Å²) in [7, 11) is 0. The van der Waals surface area contributed by atoms with Gasteiger partial charge < -0.3 is 14.2 Å². The Morgan fingerprint density at radius 1 is 0.722 bits per heavy atom. The maximum atomic E-state index is 5.76. The fraction of sp³-hybridized carbons (Fsp3) is 1.00. The Bertz CT molecular complexity index is 183. The van der Waals surface area contributed by atoms with Crippen molar-refractivity contribution >= 4 is 0 Å². The second-order valence-corrected chi connectivity index (χ2v) is 5.60. The van der Waals surface area contributed by atoms with Crippen LogP contribution >= 0.6 is 0 Å². The smallest absolute Gasteiger partial charge is 0.0781 e. The van der Waals surface area contributed by atoms with Crippen LogP contribution in [-0.2, 0) is 14.2 Å². The lowest BCUT2D eigenvalue weighted by molar-refractivity contribution is -0.0700. The molecule has 0 saturated carbocycles. The van der Waals surface area contributed by atoms with Crippen molar-refractivity contribution in [3.63, 3.8) is 0 Å². The third kappa shape index (κ3) is 11.0. The zero-order valence-electron chi connectivity index (χ0n) is 13.1. The number of rotatable bonds is 11. The van der Waals surface area contributed by atoms with E-state index in [1.54, 1.807) is 0 Å². The van der Waals surface area contributed by atoms with Gasteiger partial charge in [-0.3, -0.25) is 0 Å². The van der Waals surface area contributed by atoms with Crippen molar-refractivity contribution in [1.82, 2.24) is 0 Å². The van der Waals surface area contributed by atoms with Gasteiger partial charge in [0.2, 0.25) is 0 Å². The summed E-state index contributed by atoms with van der Waals surface area (Å²) in [6.45, 7) is 14.9. The van der Waals surface area contributed by atoms with Crippen LogP contribution in [0.2, 0.25) is 0 Å². The fourth-order valence-corrected chi connectivity index (χ4v) is 1.75. The number of hydrogen-bond acceptors (Lipinski definition) is 3. The fourth-order valence-electron chi connectivity index (χ4n) is 1.75. The van der Waals surface area contributed by atoms with Gasteiger partial charge in [-0.15, -0.1) is 0 Å². The molecule has 0 aliphatic carbocycles. The molecule has 3 atom stereocenters. The summed E-state index contributed by atoms with van der Waals surface area (Å²) in [4.78, 5) is 0. The lowest BCUT2D eigenvalue weighted by Crippen LogP contribution is -2.25. The van der Waals surface area contributed by atoms with Crippen molar-refractivity contribution in [3.8, 4) is 0 Å². The van der Waals surface area contributed by atoms with Gasteiger partial charge in [-0.05, 0) is 39.5 Å². The van der Waals surface area contributed by atoms with E-state index in [1.165, 1.54) is 0 Å². The summed E-state index contributed by atoms with van der Waals surface area (Å²) in [5.41, 5.74) is 0. The number of hydrogen-bond donors (Lipinski definition) is 0. The molecule has 0 spiro atoms. The molecular formula is C15H32O3. The Morgan fingerprint density at radius 2 is 1.22 bits per heavy atom. The summed E-state index contributed by atoms with van der Waals surface area (Å²) in [5, 5.41) is 0. The van der Waals surface area contributed by atoms with Crippen LogP contribution in [0.5, 0.6) is 0 Å². The van der Waals surface area contributed by atoms with Crippen LogP contribution in [0.25, 0.3) is 0 Å². The highest BCUT2D eigenvalue weighted by molar-refractivity contribution is 4.57. The van der Waals surface area contributed by atoms with Crippen LogP contribution in [0.1, 0.15) is 54.4 Å². The summed E-state index contributed by atoms with van der Waals surface area (Å²) in [6.07, 6.45) is 2.76. The van der Waals surface area contributed by atoms with Gasteiger partial charge in [-0.25, -0.2) is 0 Å². The standard InChI is InChI=1S/C15H32O3/c1-7-8-16-14(5)10-18-15(6)11-17-13(4)9-12(2)3/h12-15H,7-11H2,1-6H3. The third-order valence-corrected chi connectivity index (χ3v) is 2.64. The van der Waals surface area contributed by atoms with Gasteiger partial charge in [0.1, 0.15) is 0 Å². The lowest BCUT2D eigenvalue weighted by Gasteiger charge is -2.20. The van der Waals surface area contributed by atoms with Crippen LogP contribution in [0, 0.1) is 5.92 Å². The second-order valence-electron chi connectivity index (χ2n) is 5.60. The van der Waals surface area contributed by atoms with Crippen molar-refractivity contribution in [2.24, 2.45) is 5.92 Å². The van der Waals surface area contributed by atoms with E-state index in [0.29, 0.717) is 25.2 Å². The zero-order chi connectivity index (χ0) is 14.0. The van der Waals surface area contributed by atoms with E-state index < -0.39 is 0 Å². The van der Waals surface area contributed by atoms with E-state index in [9.17, 15) is 0 Å². The Morgan fingerprint density at radius 3 is 1.72 bits per heavy atom. The molecule has 0 radical (unpaired) electrons. The molecule has 0 rings (SSSR count). The van der Waals surface area contributed by atoms with Crippen molar-refractivity contribution < 1.29 is 14.2 Å². The molecule has 0 aliphatic rings. The molecule has 0 aromatic carbocycles. The summed E-state index contributed by atoms with van der Waals surface area (Å²) in [6, 6.07) is 0. The molecule has 3 nitrogen and oxygen atoms in total. The van der Waals surface area contributed by atoms with E-state index in [-0.39, 0.29) is 12.2 Å². The predicted molar refractivity (Wildman–Crippen MR) is 76.0 cm³/mol. The minimum Gasteiger partial charge on any atom is -0.376 e. The molecule has 0 saturated heterocycles. The maximum Gasteiger partial charge on any atom is 0.0781 e. The summed E-state index contributed by atoms with van der Waals surface area (Å²) >= 11 is 0. The van der Waals surface area contributed by atoms with Crippen molar-refractivity contribution in [2.75, 3.05) is 19.8 Å². The van der Waals surface area contributed by atoms with Gasteiger partial charge in [0.05, 0.1) is 31.5 Å². The predicted octanol–water partition coefficient (Wildman–Crippen LogP) is 3.66. The van der Waals surface area contributed by atoms with Gasteiger partial charge in [0.25, 0.3) is 0 Å². The highest BCUT2D eigenvalue weighted by Gasteiger charge is 2.10. The highest BCUT2D eigenvalue weighted by atomic mass is 16.6. The topological polar surface area (TPSA) is 27.7 Å². The largest absolute Gasteiger partial charge is 0.376 e. The Kier molecular flexibility index (Phi) is 10.7. The van der Waals surface area contributed by atoms with Crippen LogP contribution in [0.15, 0.2) is 0 Å². The maximum absolute atomic E-state index is 5.76. The van der Waals surface area contributed by atoms with E-state index in [2.05, 4.69) is 34.6 Å². The van der Waals surface area contributed by atoms with Crippen molar-refractivity contribution in [3.05, 3.63) is 0 Å². The molecule has 0 aliphatic heterocycles. The molecule has 0 N–H and O–H groups in total. The number of ether oxygens (including phenoxy) is 3. The molecule has 3 unspecified atom stereocenters. The first-order valence-electron chi connectivity index (χ1n) is 7.30. The molecule has 0 bridgehead atoms. The molecule has 110 valence electrons.